The SMILES string of the molecule is CCOc1ccccc1C(=O)N1CCCC1C(=O)Nc1nc2cc(Cl)ccc2n1C. The molecule has 0 aliphatic carbocycles. The van der Waals surface area contributed by atoms with Gasteiger partial charge in [-0.05, 0) is 50.1 Å². The topological polar surface area (TPSA) is 76.5 Å². The van der Waals surface area contributed by atoms with Crippen molar-refractivity contribution in [2.75, 3.05) is 18.5 Å². The van der Waals surface area contributed by atoms with Gasteiger partial charge in [-0.2, -0.15) is 0 Å². The number of para-hydroxylation sites is 1. The van der Waals surface area contributed by atoms with Crippen molar-refractivity contribution in [3.63, 3.8) is 0 Å². The highest BCUT2D eigenvalue weighted by Gasteiger charge is 2.36. The fourth-order valence-electron chi connectivity index (χ4n) is 3.84. The van der Waals surface area contributed by atoms with E-state index >= 15 is 0 Å². The Morgan fingerprint density at radius 2 is 2.07 bits per heavy atom. The summed E-state index contributed by atoms with van der Waals surface area (Å²) in [5.41, 5.74) is 2.03. The van der Waals surface area contributed by atoms with Crippen molar-refractivity contribution in [2.24, 2.45) is 7.05 Å². The molecule has 1 N–H and O–H groups in total. The fourth-order valence-corrected chi connectivity index (χ4v) is 4.01. The predicted molar refractivity (Wildman–Crippen MR) is 116 cm³/mol. The minimum absolute atomic E-state index is 0.200. The minimum Gasteiger partial charge on any atom is -0.493 e. The molecule has 8 heteroatoms. The molecule has 0 radical (unpaired) electrons. The number of aryl methyl sites for hydroxylation is 1. The number of rotatable bonds is 5. The molecular weight excluding hydrogens is 404 g/mol. The number of carbonyl (C=O) groups is 2. The number of ether oxygens (including phenoxy) is 1. The first-order valence-electron chi connectivity index (χ1n) is 9.95. The van der Waals surface area contributed by atoms with Crippen molar-refractivity contribution in [3.8, 4) is 5.75 Å². The van der Waals surface area contributed by atoms with Crippen LogP contribution in [-0.4, -0.2) is 45.5 Å². The summed E-state index contributed by atoms with van der Waals surface area (Å²) in [7, 11) is 1.83. The van der Waals surface area contributed by atoms with Crippen LogP contribution in [0.15, 0.2) is 42.5 Å². The van der Waals surface area contributed by atoms with Gasteiger partial charge in [0.1, 0.15) is 11.8 Å². The van der Waals surface area contributed by atoms with E-state index in [0.717, 1.165) is 11.9 Å². The Kier molecular flexibility index (Phi) is 5.63. The van der Waals surface area contributed by atoms with Gasteiger partial charge in [-0.25, -0.2) is 4.98 Å². The van der Waals surface area contributed by atoms with E-state index in [1.807, 2.05) is 26.1 Å². The summed E-state index contributed by atoms with van der Waals surface area (Å²) < 4.78 is 7.40. The summed E-state index contributed by atoms with van der Waals surface area (Å²) in [6.07, 6.45) is 1.36. The van der Waals surface area contributed by atoms with Gasteiger partial charge in [0.2, 0.25) is 11.9 Å². The number of halogens is 1. The number of nitrogens with zero attached hydrogens (tertiary/aromatic N) is 3. The second kappa shape index (κ2) is 8.36. The van der Waals surface area contributed by atoms with Crippen LogP contribution in [-0.2, 0) is 11.8 Å². The smallest absolute Gasteiger partial charge is 0.258 e. The van der Waals surface area contributed by atoms with Gasteiger partial charge in [0.25, 0.3) is 5.91 Å². The van der Waals surface area contributed by atoms with Gasteiger partial charge in [-0.3, -0.25) is 14.9 Å². The highest BCUT2D eigenvalue weighted by atomic mass is 35.5. The third kappa shape index (κ3) is 3.73. The largest absolute Gasteiger partial charge is 0.493 e. The lowest BCUT2D eigenvalue weighted by molar-refractivity contribution is -0.119. The number of benzene rings is 2. The standard InChI is InChI=1S/C22H23ClN4O3/c1-3-30-19-9-5-4-7-15(19)21(29)27-12-6-8-18(27)20(28)25-22-24-16-13-14(23)10-11-17(16)26(22)2/h4-5,7,9-11,13,18H,3,6,8,12H2,1-2H3,(H,24,25,28). The fraction of sp³-hybridized carbons (Fsp3) is 0.318. The Hall–Kier alpha value is -3.06. The Morgan fingerprint density at radius 3 is 2.87 bits per heavy atom. The highest BCUT2D eigenvalue weighted by Crippen LogP contribution is 2.27. The molecule has 4 rings (SSSR count). The van der Waals surface area contributed by atoms with E-state index in [4.69, 9.17) is 16.3 Å². The first-order valence-corrected chi connectivity index (χ1v) is 10.3. The van der Waals surface area contributed by atoms with Crippen molar-refractivity contribution < 1.29 is 14.3 Å². The van der Waals surface area contributed by atoms with Crippen LogP contribution in [0.2, 0.25) is 5.02 Å². The molecule has 1 aliphatic heterocycles. The average molecular weight is 427 g/mol. The number of amides is 2. The molecule has 1 aromatic heterocycles. The molecule has 1 unspecified atom stereocenters. The second-order valence-electron chi connectivity index (χ2n) is 7.20. The van der Waals surface area contributed by atoms with Gasteiger partial charge < -0.3 is 14.2 Å². The van der Waals surface area contributed by atoms with E-state index in [0.29, 0.717) is 47.4 Å². The Labute approximate surface area is 179 Å². The molecule has 1 fully saturated rings. The number of likely N-dealkylation sites (tertiary alicyclic amines) is 1. The third-order valence-corrected chi connectivity index (χ3v) is 5.55. The van der Waals surface area contributed by atoms with Crippen molar-refractivity contribution in [3.05, 3.63) is 53.1 Å². The summed E-state index contributed by atoms with van der Waals surface area (Å²) in [4.78, 5) is 32.3. The zero-order valence-electron chi connectivity index (χ0n) is 16.9. The normalized spacial score (nSPS) is 16.1. The van der Waals surface area contributed by atoms with Gasteiger partial charge in [0.05, 0.1) is 23.2 Å². The first kappa shape index (κ1) is 20.2. The summed E-state index contributed by atoms with van der Waals surface area (Å²) >= 11 is 6.05. The van der Waals surface area contributed by atoms with Crippen LogP contribution in [0.5, 0.6) is 5.75 Å². The molecule has 0 spiro atoms. The molecule has 2 amide bonds. The molecular formula is C22H23ClN4O3. The van der Waals surface area contributed by atoms with Crippen molar-refractivity contribution >= 4 is 40.4 Å². The van der Waals surface area contributed by atoms with E-state index in [-0.39, 0.29) is 11.8 Å². The van der Waals surface area contributed by atoms with Crippen molar-refractivity contribution in [2.45, 2.75) is 25.8 Å². The number of carbonyl (C=O) groups excluding carboxylic acids is 2. The summed E-state index contributed by atoms with van der Waals surface area (Å²) in [6, 6.07) is 12.0. The van der Waals surface area contributed by atoms with Crippen LogP contribution in [0.25, 0.3) is 11.0 Å². The van der Waals surface area contributed by atoms with E-state index in [2.05, 4.69) is 10.3 Å². The number of nitrogens with one attached hydrogen (secondary N) is 1. The van der Waals surface area contributed by atoms with Crippen LogP contribution in [0, 0.1) is 0 Å². The summed E-state index contributed by atoms with van der Waals surface area (Å²) in [6.45, 7) is 2.86. The van der Waals surface area contributed by atoms with E-state index in [1.165, 1.54) is 0 Å². The molecule has 30 heavy (non-hydrogen) atoms. The van der Waals surface area contributed by atoms with Crippen LogP contribution in [0.1, 0.15) is 30.1 Å². The molecule has 0 bridgehead atoms. The number of fused-ring (bicyclic) bond motifs is 1. The number of hydrogen-bond donors (Lipinski definition) is 1. The van der Waals surface area contributed by atoms with Gasteiger partial charge >= 0.3 is 0 Å². The zero-order chi connectivity index (χ0) is 21.3. The lowest BCUT2D eigenvalue weighted by Gasteiger charge is -2.24. The zero-order valence-corrected chi connectivity index (χ0v) is 17.6. The lowest BCUT2D eigenvalue weighted by Crippen LogP contribution is -2.43. The maximum absolute atomic E-state index is 13.2. The number of anilines is 1. The number of aromatic nitrogens is 2. The van der Waals surface area contributed by atoms with E-state index in [1.54, 1.807) is 39.8 Å². The van der Waals surface area contributed by atoms with Gasteiger partial charge in [-0.1, -0.05) is 23.7 Å². The van der Waals surface area contributed by atoms with E-state index in [9.17, 15) is 9.59 Å². The Bertz CT molecular complexity index is 1110. The summed E-state index contributed by atoms with van der Waals surface area (Å²) in [5.74, 6) is 0.502. The van der Waals surface area contributed by atoms with Gasteiger partial charge in [-0.15, -0.1) is 0 Å². The van der Waals surface area contributed by atoms with E-state index < -0.39 is 6.04 Å². The van der Waals surface area contributed by atoms with Crippen LogP contribution in [0.4, 0.5) is 5.95 Å². The molecule has 2 heterocycles. The van der Waals surface area contributed by atoms with Gasteiger partial charge in [0.15, 0.2) is 0 Å². The number of imidazole rings is 1. The molecule has 1 atom stereocenters. The highest BCUT2D eigenvalue weighted by molar-refractivity contribution is 6.31. The Morgan fingerprint density at radius 1 is 1.27 bits per heavy atom. The Balaban J connectivity index is 1.56. The third-order valence-electron chi connectivity index (χ3n) is 5.31. The lowest BCUT2D eigenvalue weighted by atomic mass is 10.1. The molecule has 2 aromatic carbocycles. The van der Waals surface area contributed by atoms with Crippen LogP contribution < -0.4 is 10.1 Å². The monoisotopic (exact) mass is 426 g/mol. The molecule has 0 saturated carbocycles. The first-order chi connectivity index (χ1) is 14.5. The predicted octanol–water partition coefficient (Wildman–Crippen LogP) is 3.87. The van der Waals surface area contributed by atoms with Gasteiger partial charge in [0, 0.05) is 18.6 Å². The van der Waals surface area contributed by atoms with Crippen LogP contribution in [0.3, 0.4) is 0 Å². The molecule has 3 aromatic rings. The quantitative estimate of drug-likeness (QED) is 0.671. The molecule has 1 aliphatic rings. The maximum Gasteiger partial charge on any atom is 0.258 e. The molecule has 1 saturated heterocycles. The van der Waals surface area contributed by atoms with Crippen LogP contribution >= 0.6 is 11.6 Å². The second-order valence-corrected chi connectivity index (χ2v) is 7.64. The maximum atomic E-state index is 13.2. The number of hydrogen-bond acceptors (Lipinski definition) is 4. The minimum atomic E-state index is -0.560. The van der Waals surface area contributed by atoms with Crippen molar-refractivity contribution in [1.29, 1.82) is 0 Å². The summed E-state index contributed by atoms with van der Waals surface area (Å²) in [5, 5.41) is 3.46. The average Bonchev–Trinajstić information content (AvgIpc) is 3.33. The molecule has 156 valence electrons. The van der Waals surface area contributed by atoms with Crippen molar-refractivity contribution in [1.82, 2.24) is 14.5 Å². The molecule has 7 nitrogen and oxygen atoms in total.